The van der Waals surface area contributed by atoms with Gasteiger partial charge in [-0.15, -0.1) is 0 Å². The van der Waals surface area contributed by atoms with Gasteiger partial charge < -0.3 is 5.32 Å². The Morgan fingerprint density at radius 2 is 2.00 bits per heavy atom. The molecule has 0 aromatic heterocycles. The van der Waals surface area contributed by atoms with Gasteiger partial charge in [-0.25, -0.2) is 0 Å². The topological polar surface area (TPSA) is 35.8 Å². The van der Waals surface area contributed by atoms with E-state index in [4.69, 9.17) is 5.26 Å². The van der Waals surface area contributed by atoms with Gasteiger partial charge in [0, 0.05) is 11.6 Å². The van der Waals surface area contributed by atoms with Crippen LogP contribution in [0.15, 0.2) is 0 Å². The van der Waals surface area contributed by atoms with Crippen molar-refractivity contribution in [1.82, 2.24) is 5.32 Å². The highest BCUT2D eigenvalue weighted by atomic mass is 15.0. The van der Waals surface area contributed by atoms with Crippen LogP contribution < -0.4 is 5.32 Å². The number of nitrogens with zero attached hydrogens (tertiary/aromatic N) is 1. The summed E-state index contributed by atoms with van der Waals surface area (Å²) >= 11 is 0. The maximum Gasteiger partial charge on any atom is 0.0640 e. The Bertz CT molecular complexity index is 131. The van der Waals surface area contributed by atoms with Crippen LogP contribution in [-0.4, -0.2) is 11.6 Å². The van der Waals surface area contributed by atoms with E-state index >= 15 is 0 Å². The predicted octanol–water partition coefficient (Wildman–Crippen LogP) is 1.68. The molecule has 2 nitrogen and oxygen atoms in total. The van der Waals surface area contributed by atoms with E-state index in [2.05, 4.69) is 25.2 Å². The van der Waals surface area contributed by atoms with Crippen molar-refractivity contribution in [2.45, 2.75) is 45.7 Å². The van der Waals surface area contributed by atoms with Crippen LogP contribution in [0.25, 0.3) is 0 Å². The van der Waals surface area contributed by atoms with E-state index in [1.807, 2.05) is 13.8 Å². The van der Waals surface area contributed by atoms with Crippen molar-refractivity contribution in [3.8, 4) is 6.07 Å². The Labute approximate surface area is 63.2 Å². The van der Waals surface area contributed by atoms with Crippen LogP contribution >= 0.6 is 0 Å². The zero-order valence-electron chi connectivity index (χ0n) is 7.23. The molecule has 0 amide bonds. The molecule has 0 spiro atoms. The van der Waals surface area contributed by atoms with Gasteiger partial charge in [0.1, 0.15) is 0 Å². The van der Waals surface area contributed by atoms with Gasteiger partial charge in [0.05, 0.1) is 12.5 Å². The van der Waals surface area contributed by atoms with Gasteiger partial charge in [-0.05, 0) is 13.8 Å². The normalized spacial score (nSPS) is 11.6. The van der Waals surface area contributed by atoms with Crippen LogP contribution in [0.2, 0.25) is 0 Å². The fourth-order valence-electron chi connectivity index (χ4n) is 1.03. The number of hydrogen-bond acceptors (Lipinski definition) is 2. The lowest BCUT2D eigenvalue weighted by Crippen LogP contribution is -2.43. The first-order chi connectivity index (χ1) is 4.48. The molecule has 0 atom stereocenters. The van der Waals surface area contributed by atoms with E-state index in [-0.39, 0.29) is 5.54 Å². The third-order valence-electron chi connectivity index (χ3n) is 1.20. The second kappa shape index (κ2) is 3.58. The molecule has 0 saturated carbocycles. The lowest BCUT2D eigenvalue weighted by Gasteiger charge is -2.25. The molecule has 2 heteroatoms. The number of hydrogen-bond donors (Lipinski definition) is 1. The molecule has 0 unspecified atom stereocenters. The highest BCUT2D eigenvalue weighted by Gasteiger charge is 2.16. The van der Waals surface area contributed by atoms with E-state index in [1.54, 1.807) is 0 Å². The van der Waals surface area contributed by atoms with Gasteiger partial charge in [0.2, 0.25) is 0 Å². The average molecular weight is 140 g/mol. The minimum atomic E-state index is -0.0388. The van der Waals surface area contributed by atoms with Crippen LogP contribution in [0.1, 0.15) is 34.1 Å². The Morgan fingerprint density at radius 1 is 1.50 bits per heavy atom. The quantitative estimate of drug-likeness (QED) is 0.647. The van der Waals surface area contributed by atoms with Crippen molar-refractivity contribution in [3.63, 3.8) is 0 Å². The van der Waals surface area contributed by atoms with Crippen LogP contribution in [-0.2, 0) is 0 Å². The summed E-state index contributed by atoms with van der Waals surface area (Å²) < 4.78 is 0. The van der Waals surface area contributed by atoms with Gasteiger partial charge in [-0.2, -0.15) is 5.26 Å². The van der Waals surface area contributed by atoms with E-state index in [0.717, 1.165) is 0 Å². The number of nitriles is 1. The summed E-state index contributed by atoms with van der Waals surface area (Å²) in [5.41, 5.74) is -0.0388. The second-order valence-corrected chi connectivity index (χ2v) is 3.52. The minimum absolute atomic E-state index is 0.0388. The van der Waals surface area contributed by atoms with Crippen LogP contribution in [0, 0.1) is 11.3 Å². The highest BCUT2D eigenvalue weighted by Crippen LogP contribution is 2.07. The van der Waals surface area contributed by atoms with Gasteiger partial charge in [-0.3, -0.25) is 0 Å². The SMILES string of the molecule is CC(C)NC(C)(C)CC#N. The second-order valence-electron chi connectivity index (χ2n) is 3.52. The van der Waals surface area contributed by atoms with E-state index < -0.39 is 0 Å². The lowest BCUT2D eigenvalue weighted by molar-refractivity contribution is 0.361. The molecular formula is C8H16N2. The summed E-state index contributed by atoms with van der Waals surface area (Å²) in [5, 5.41) is 11.7. The first kappa shape index (κ1) is 9.45. The Morgan fingerprint density at radius 3 is 2.30 bits per heavy atom. The molecular weight excluding hydrogens is 124 g/mol. The average Bonchev–Trinajstić information content (AvgIpc) is 1.59. The molecule has 0 aromatic rings. The monoisotopic (exact) mass is 140 g/mol. The first-order valence-electron chi connectivity index (χ1n) is 3.62. The summed E-state index contributed by atoms with van der Waals surface area (Å²) in [5.74, 6) is 0. The molecule has 0 aliphatic carbocycles. The maximum absolute atomic E-state index is 8.42. The molecule has 0 aromatic carbocycles. The van der Waals surface area contributed by atoms with Crippen molar-refractivity contribution in [2.24, 2.45) is 0 Å². The summed E-state index contributed by atoms with van der Waals surface area (Å²) in [6.07, 6.45) is 0.561. The first-order valence-corrected chi connectivity index (χ1v) is 3.62. The molecule has 0 radical (unpaired) electrons. The molecule has 0 heterocycles. The molecule has 0 saturated heterocycles. The zero-order chi connectivity index (χ0) is 8.20. The van der Waals surface area contributed by atoms with Crippen LogP contribution in [0.3, 0.4) is 0 Å². The Hall–Kier alpha value is -0.550. The molecule has 0 bridgehead atoms. The van der Waals surface area contributed by atoms with Crippen LogP contribution in [0.5, 0.6) is 0 Å². The molecule has 0 rings (SSSR count). The summed E-state index contributed by atoms with van der Waals surface area (Å²) in [7, 11) is 0. The molecule has 10 heavy (non-hydrogen) atoms. The van der Waals surface area contributed by atoms with E-state index in [9.17, 15) is 0 Å². The molecule has 0 aliphatic heterocycles. The van der Waals surface area contributed by atoms with Crippen molar-refractivity contribution in [1.29, 1.82) is 5.26 Å². The Balaban J connectivity index is 3.77. The fourth-order valence-corrected chi connectivity index (χ4v) is 1.03. The van der Waals surface area contributed by atoms with Crippen LogP contribution in [0.4, 0.5) is 0 Å². The van der Waals surface area contributed by atoms with Gasteiger partial charge in [0.25, 0.3) is 0 Å². The van der Waals surface area contributed by atoms with E-state index in [0.29, 0.717) is 12.5 Å². The maximum atomic E-state index is 8.42. The molecule has 58 valence electrons. The van der Waals surface area contributed by atoms with Crippen molar-refractivity contribution in [2.75, 3.05) is 0 Å². The summed E-state index contributed by atoms with van der Waals surface area (Å²) in [6, 6.07) is 2.60. The number of rotatable bonds is 3. The highest BCUT2D eigenvalue weighted by molar-refractivity contribution is 4.89. The molecule has 1 N–H and O–H groups in total. The zero-order valence-corrected chi connectivity index (χ0v) is 7.23. The smallest absolute Gasteiger partial charge is 0.0640 e. The number of nitrogens with one attached hydrogen (secondary N) is 1. The van der Waals surface area contributed by atoms with Crippen molar-refractivity contribution < 1.29 is 0 Å². The van der Waals surface area contributed by atoms with E-state index in [1.165, 1.54) is 0 Å². The predicted molar refractivity (Wildman–Crippen MR) is 42.6 cm³/mol. The van der Waals surface area contributed by atoms with Crippen molar-refractivity contribution >= 4 is 0 Å². The Kier molecular flexibility index (Phi) is 3.38. The van der Waals surface area contributed by atoms with Gasteiger partial charge in [-0.1, -0.05) is 13.8 Å². The van der Waals surface area contributed by atoms with Crippen molar-refractivity contribution in [3.05, 3.63) is 0 Å². The lowest BCUT2D eigenvalue weighted by atomic mass is 10.0. The van der Waals surface area contributed by atoms with Gasteiger partial charge >= 0.3 is 0 Å². The molecule has 0 aliphatic rings. The summed E-state index contributed by atoms with van der Waals surface area (Å²) in [4.78, 5) is 0. The molecule has 0 fully saturated rings. The fraction of sp³-hybridized carbons (Fsp3) is 0.875. The summed E-state index contributed by atoms with van der Waals surface area (Å²) in [6.45, 7) is 8.24. The largest absolute Gasteiger partial charge is 0.309 e. The van der Waals surface area contributed by atoms with Gasteiger partial charge in [0.15, 0.2) is 0 Å². The third-order valence-corrected chi connectivity index (χ3v) is 1.20. The third kappa shape index (κ3) is 4.34. The minimum Gasteiger partial charge on any atom is -0.309 e. The standard InChI is InChI=1S/C8H16N2/c1-7(2)10-8(3,4)5-6-9/h7,10H,5H2,1-4H3.